The van der Waals surface area contributed by atoms with E-state index in [1.165, 1.54) is 16.2 Å². The molecule has 3 N–H and O–H groups in total. The number of nitrogens with one attached hydrogen (secondary N) is 2. The average Bonchev–Trinajstić information content (AvgIpc) is 3.17. The van der Waals surface area contributed by atoms with Crippen LogP contribution in [0.15, 0.2) is 11.6 Å². The fourth-order valence-corrected chi connectivity index (χ4v) is 5.34. The number of aliphatic hydroxyl groups is 1. The van der Waals surface area contributed by atoms with E-state index in [1.807, 2.05) is 47.7 Å². The fraction of sp³-hybridized carbons (Fsp3) is 0.692. The number of hydrogen-bond donors (Lipinski definition) is 3. The minimum atomic E-state index is -0.824. The lowest BCUT2D eigenvalue weighted by Gasteiger charge is -2.34. The van der Waals surface area contributed by atoms with Crippen molar-refractivity contribution in [1.29, 1.82) is 0 Å². The van der Waals surface area contributed by atoms with Gasteiger partial charge in [-0.2, -0.15) is 0 Å². The second-order valence-corrected chi connectivity index (χ2v) is 13.4. The van der Waals surface area contributed by atoms with Gasteiger partial charge in [-0.1, -0.05) is 46.8 Å². The maximum atomic E-state index is 13.9. The van der Waals surface area contributed by atoms with Crippen molar-refractivity contribution < 1.29 is 19.5 Å². The van der Waals surface area contributed by atoms with E-state index in [0.29, 0.717) is 16.7 Å². The first-order valence-electron chi connectivity index (χ1n) is 13.1. The molecule has 0 aromatic carbocycles. The third-order valence-corrected chi connectivity index (χ3v) is 7.71. The van der Waals surface area contributed by atoms with E-state index in [9.17, 15) is 19.5 Å². The summed E-state index contributed by atoms with van der Waals surface area (Å²) in [5, 5.41) is 27.0. The van der Waals surface area contributed by atoms with Crippen LogP contribution < -0.4 is 10.6 Å². The van der Waals surface area contributed by atoms with Crippen molar-refractivity contribution in [3.05, 3.63) is 23.0 Å². The Morgan fingerprint density at radius 3 is 2.45 bits per heavy atom. The molecule has 2 aromatic rings. The molecule has 208 valence electrons. The minimum absolute atomic E-state index is 0.0712. The van der Waals surface area contributed by atoms with Gasteiger partial charge < -0.3 is 20.6 Å². The number of hydrogen-bond acceptors (Lipinski definition) is 8. The van der Waals surface area contributed by atoms with Gasteiger partial charge >= 0.3 is 0 Å². The van der Waals surface area contributed by atoms with Crippen LogP contribution in [0.4, 0.5) is 5.13 Å². The van der Waals surface area contributed by atoms with Crippen LogP contribution >= 0.6 is 11.3 Å². The van der Waals surface area contributed by atoms with Gasteiger partial charge in [0.25, 0.3) is 0 Å². The van der Waals surface area contributed by atoms with E-state index in [2.05, 4.69) is 25.9 Å². The number of aliphatic hydroxyl groups excluding tert-OH is 1. The number of rotatable bonds is 7. The monoisotopic (exact) mass is 545 g/mol. The summed E-state index contributed by atoms with van der Waals surface area (Å²) in [7, 11) is 0. The zero-order valence-electron chi connectivity index (χ0n) is 23.2. The van der Waals surface area contributed by atoms with Gasteiger partial charge in [-0.15, -0.1) is 16.4 Å². The van der Waals surface area contributed by atoms with Gasteiger partial charge in [0, 0.05) is 35.9 Å². The third kappa shape index (κ3) is 6.23. The molecule has 1 saturated carbocycles. The number of thiazole rings is 1. The molecule has 2 aliphatic rings. The van der Waals surface area contributed by atoms with Crippen LogP contribution in [0.3, 0.4) is 0 Å². The van der Waals surface area contributed by atoms with Crippen LogP contribution in [-0.4, -0.2) is 66.4 Å². The second-order valence-electron chi connectivity index (χ2n) is 12.6. The van der Waals surface area contributed by atoms with E-state index >= 15 is 0 Å². The molecule has 12 heteroatoms. The van der Waals surface area contributed by atoms with Gasteiger partial charge in [0.15, 0.2) is 5.13 Å². The van der Waals surface area contributed by atoms with Crippen LogP contribution in [0, 0.1) is 10.8 Å². The Labute approximate surface area is 227 Å². The molecule has 4 atom stereocenters. The molecule has 0 radical (unpaired) electrons. The molecular formula is C26H39N7O4S. The van der Waals surface area contributed by atoms with Crippen molar-refractivity contribution in [2.45, 2.75) is 97.9 Å². The molecule has 1 unspecified atom stereocenters. The molecule has 3 amide bonds. The van der Waals surface area contributed by atoms with Crippen molar-refractivity contribution in [3.63, 3.8) is 0 Å². The molecule has 1 aliphatic carbocycles. The molecule has 1 aliphatic heterocycles. The Morgan fingerprint density at radius 1 is 1.16 bits per heavy atom. The number of anilines is 1. The molecule has 4 rings (SSSR count). The Morgan fingerprint density at radius 2 is 1.84 bits per heavy atom. The van der Waals surface area contributed by atoms with Crippen molar-refractivity contribution in [2.24, 2.45) is 10.8 Å². The van der Waals surface area contributed by atoms with Crippen LogP contribution in [0.25, 0.3) is 0 Å². The zero-order valence-corrected chi connectivity index (χ0v) is 24.0. The highest BCUT2D eigenvalue weighted by Crippen LogP contribution is 2.40. The van der Waals surface area contributed by atoms with E-state index in [0.717, 1.165) is 18.5 Å². The van der Waals surface area contributed by atoms with Gasteiger partial charge in [0.05, 0.1) is 23.5 Å². The van der Waals surface area contributed by atoms with Crippen LogP contribution in [0.2, 0.25) is 0 Å². The number of β-amino-alcohol motifs (C(OH)–C–C–N with tert-alkyl or cyclic N) is 1. The number of likely N-dealkylation sites (tertiary alicyclic amines) is 1. The third-order valence-electron chi connectivity index (χ3n) is 6.93. The lowest BCUT2D eigenvalue weighted by atomic mass is 9.85. The Balaban J connectivity index is 1.47. The zero-order chi connectivity index (χ0) is 28.0. The van der Waals surface area contributed by atoms with E-state index in [-0.39, 0.29) is 30.7 Å². The molecule has 2 fully saturated rings. The normalized spacial score (nSPS) is 21.7. The van der Waals surface area contributed by atoms with Crippen molar-refractivity contribution in [3.8, 4) is 0 Å². The Hall–Kier alpha value is -2.86. The van der Waals surface area contributed by atoms with Crippen molar-refractivity contribution >= 4 is 34.2 Å². The summed E-state index contributed by atoms with van der Waals surface area (Å²) < 4.78 is 1.61. The first-order chi connectivity index (χ1) is 17.6. The smallest absolute Gasteiger partial charge is 0.248 e. The largest absolute Gasteiger partial charge is 0.391 e. The highest BCUT2D eigenvalue weighted by Gasteiger charge is 2.45. The molecular weight excluding hydrogens is 506 g/mol. The van der Waals surface area contributed by atoms with Crippen molar-refractivity contribution in [2.75, 3.05) is 11.9 Å². The van der Waals surface area contributed by atoms with Crippen LogP contribution in [0.5, 0.6) is 0 Å². The fourth-order valence-electron chi connectivity index (χ4n) is 4.54. The number of amides is 3. The molecule has 1 saturated heterocycles. The standard InChI is InChI=1S/C26H39N7O4S/c1-14(18-13-38-24(28-18)29-23(37)26(5,6)7)27-21(35)19-10-16(34)11-32(19)22(36)20(25(2,3)4)33-12-17(30-31-33)15-8-9-15/h12-16,19-20,34H,8-11H2,1-7H3,(H,27,35)(H,28,29,37)/t14?,16-,19+,20-/m1/s1. The number of aromatic nitrogens is 4. The van der Waals surface area contributed by atoms with E-state index < -0.39 is 35.1 Å². The average molecular weight is 546 g/mol. The minimum Gasteiger partial charge on any atom is -0.391 e. The molecule has 38 heavy (non-hydrogen) atoms. The second kappa shape index (κ2) is 10.4. The summed E-state index contributed by atoms with van der Waals surface area (Å²) in [4.78, 5) is 45.5. The summed E-state index contributed by atoms with van der Waals surface area (Å²) >= 11 is 1.29. The highest BCUT2D eigenvalue weighted by molar-refractivity contribution is 7.13. The van der Waals surface area contributed by atoms with Gasteiger partial charge in [-0.05, 0) is 25.2 Å². The van der Waals surface area contributed by atoms with E-state index in [4.69, 9.17) is 0 Å². The lowest BCUT2D eigenvalue weighted by Crippen LogP contribution is -2.50. The summed E-state index contributed by atoms with van der Waals surface area (Å²) in [6.07, 6.45) is 3.34. The SMILES string of the molecule is CC(NC(=O)[C@@H]1C[C@@H](O)CN1C(=O)[C@@H](n1cc(C2CC2)nn1)C(C)(C)C)c1csc(NC(=O)C(C)(C)C)n1. The highest BCUT2D eigenvalue weighted by atomic mass is 32.1. The maximum absolute atomic E-state index is 13.9. The molecule has 0 spiro atoms. The summed E-state index contributed by atoms with van der Waals surface area (Å²) in [5.41, 5.74) is 0.438. The van der Waals surface area contributed by atoms with Gasteiger partial charge in [0.1, 0.15) is 12.1 Å². The predicted octanol–water partition coefficient (Wildman–Crippen LogP) is 3.02. The quantitative estimate of drug-likeness (QED) is 0.485. The summed E-state index contributed by atoms with van der Waals surface area (Å²) in [6.45, 7) is 13.2. The maximum Gasteiger partial charge on any atom is 0.248 e. The molecule has 3 heterocycles. The summed E-state index contributed by atoms with van der Waals surface area (Å²) in [5.74, 6) is -0.370. The van der Waals surface area contributed by atoms with E-state index in [1.54, 1.807) is 17.0 Å². The molecule has 11 nitrogen and oxygen atoms in total. The number of carbonyl (C=O) groups is 3. The molecule has 0 bridgehead atoms. The Kier molecular flexibility index (Phi) is 7.68. The van der Waals surface area contributed by atoms with Crippen LogP contribution in [0.1, 0.15) is 97.1 Å². The van der Waals surface area contributed by atoms with Gasteiger partial charge in [0.2, 0.25) is 17.7 Å². The topological polar surface area (TPSA) is 142 Å². The first-order valence-corrected chi connectivity index (χ1v) is 14.0. The Bertz CT molecular complexity index is 1190. The van der Waals surface area contributed by atoms with Crippen LogP contribution in [-0.2, 0) is 14.4 Å². The lowest BCUT2D eigenvalue weighted by molar-refractivity contribution is -0.144. The number of carbonyl (C=O) groups excluding carboxylic acids is 3. The van der Waals surface area contributed by atoms with Crippen molar-refractivity contribution in [1.82, 2.24) is 30.2 Å². The van der Waals surface area contributed by atoms with Gasteiger partial charge in [-0.3, -0.25) is 14.4 Å². The number of nitrogens with zero attached hydrogens (tertiary/aromatic N) is 5. The summed E-state index contributed by atoms with van der Waals surface area (Å²) in [6, 6.07) is -1.95. The first kappa shape index (κ1) is 28.2. The molecule has 2 aromatic heterocycles. The predicted molar refractivity (Wildman–Crippen MR) is 143 cm³/mol. The van der Waals surface area contributed by atoms with Gasteiger partial charge in [-0.25, -0.2) is 9.67 Å².